The van der Waals surface area contributed by atoms with Crippen molar-refractivity contribution in [2.75, 3.05) is 46.2 Å². The van der Waals surface area contributed by atoms with Crippen molar-refractivity contribution in [3.8, 4) is 0 Å². The number of aromatic nitrogens is 3. The van der Waals surface area contributed by atoms with Crippen molar-refractivity contribution in [1.82, 2.24) is 24.1 Å². The van der Waals surface area contributed by atoms with E-state index in [4.69, 9.17) is 0 Å². The van der Waals surface area contributed by atoms with Crippen LogP contribution in [-0.2, 0) is 6.54 Å². The van der Waals surface area contributed by atoms with Crippen LogP contribution in [-0.4, -0.2) is 65.4 Å². The summed E-state index contributed by atoms with van der Waals surface area (Å²) in [6.07, 6.45) is 5.06. The van der Waals surface area contributed by atoms with Crippen LogP contribution in [0, 0.1) is 5.92 Å². The van der Waals surface area contributed by atoms with E-state index < -0.39 is 0 Å². The maximum Gasteiger partial charge on any atom is 0.204 e. The van der Waals surface area contributed by atoms with E-state index in [9.17, 15) is 0 Å². The van der Waals surface area contributed by atoms with E-state index in [1.54, 1.807) is 0 Å². The van der Waals surface area contributed by atoms with Gasteiger partial charge in [-0.2, -0.15) is 4.37 Å². The van der Waals surface area contributed by atoms with E-state index in [0.717, 1.165) is 30.6 Å². The molecule has 1 fully saturated rings. The van der Waals surface area contributed by atoms with Gasteiger partial charge in [0.2, 0.25) is 5.13 Å². The van der Waals surface area contributed by atoms with Gasteiger partial charge in [0, 0.05) is 50.6 Å². The molecule has 0 aromatic carbocycles. The van der Waals surface area contributed by atoms with Crippen LogP contribution >= 0.6 is 11.5 Å². The van der Waals surface area contributed by atoms with Gasteiger partial charge in [-0.25, -0.2) is 4.98 Å². The van der Waals surface area contributed by atoms with Gasteiger partial charge in [-0.15, -0.1) is 0 Å². The molecule has 3 rings (SSSR count). The smallest absolute Gasteiger partial charge is 0.204 e. The number of pyridine rings is 1. The lowest BCUT2D eigenvalue weighted by Crippen LogP contribution is -2.30. The summed E-state index contributed by atoms with van der Waals surface area (Å²) in [4.78, 5) is 15.7. The quantitative estimate of drug-likeness (QED) is 0.799. The van der Waals surface area contributed by atoms with Gasteiger partial charge in [0.15, 0.2) is 5.82 Å². The average Bonchev–Trinajstić information content (AvgIpc) is 3.15. The maximum absolute atomic E-state index is 4.59. The minimum absolute atomic E-state index is 0.446. The molecular weight excluding hydrogens is 320 g/mol. The first-order valence-electron chi connectivity index (χ1n) is 8.33. The summed E-state index contributed by atoms with van der Waals surface area (Å²) in [5.41, 5.74) is 1.32. The molecule has 24 heavy (non-hydrogen) atoms. The number of hydrogen-bond donors (Lipinski definition) is 0. The van der Waals surface area contributed by atoms with Crippen LogP contribution in [0.1, 0.15) is 23.9 Å². The zero-order valence-corrected chi connectivity index (χ0v) is 15.7. The molecule has 0 bridgehead atoms. The van der Waals surface area contributed by atoms with Crippen LogP contribution in [0.15, 0.2) is 24.5 Å². The topological polar surface area (TPSA) is 48.4 Å². The highest BCUT2D eigenvalue weighted by atomic mass is 32.1. The Morgan fingerprint density at radius 1 is 1.33 bits per heavy atom. The van der Waals surface area contributed by atoms with Crippen molar-refractivity contribution in [3.05, 3.63) is 35.9 Å². The van der Waals surface area contributed by atoms with Crippen molar-refractivity contribution in [3.63, 3.8) is 0 Å². The van der Waals surface area contributed by atoms with Gasteiger partial charge in [0.05, 0.1) is 6.54 Å². The predicted octanol–water partition coefficient (Wildman–Crippen LogP) is 2.12. The molecule has 2 aromatic heterocycles. The SMILES string of the molecule is CN(Cc1nsc(N(C)C)n1)C[C@@H]1CCN(C)[C@H]1c1cccnc1. The summed E-state index contributed by atoms with van der Waals surface area (Å²) in [6, 6.07) is 4.67. The predicted molar refractivity (Wildman–Crippen MR) is 98.3 cm³/mol. The Hall–Kier alpha value is -1.57. The van der Waals surface area contributed by atoms with Gasteiger partial charge in [-0.1, -0.05) is 6.07 Å². The Labute approximate surface area is 148 Å². The molecule has 3 heterocycles. The summed E-state index contributed by atoms with van der Waals surface area (Å²) in [6.45, 7) is 2.97. The highest BCUT2D eigenvalue weighted by Crippen LogP contribution is 2.36. The number of likely N-dealkylation sites (tertiary alicyclic amines) is 1. The molecule has 0 amide bonds. The monoisotopic (exact) mass is 346 g/mol. The van der Waals surface area contributed by atoms with E-state index in [2.05, 4.69) is 44.3 Å². The molecule has 0 saturated carbocycles. The molecule has 130 valence electrons. The molecule has 6 nitrogen and oxygen atoms in total. The third-order valence-electron chi connectivity index (χ3n) is 4.60. The highest BCUT2D eigenvalue weighted by Gasteiger charge is 2.33. The standard InChI is InChI=1S/C17H26N6S/c1-21(2)17-19-15(20-24-17)12-22(3)11-14-7-9-23(4)16(14)13-6-5-8-18-10-13/h5-6,8,10,14,16H,7,9,11-12H2,1-4H3/t14-,16-/m0/s1. The molecule has 0 N–H and O–H groups in total. The Kier molecular flexibility index (Phi) is 5.43. The van der Waals surface area contributed by atoms with Crippen LogP contribution in [0.3, 0.4) is 0 Å². The Morgan fingerprint density at radius 2 is 2.17 bits per heavy atom. The molecule has 0 aliphatic carbocycles. The number of rotatable bonds is 6. The summed E-state index contributed by atoms with van der Waals surface area (Å²) in [5.74, 6) is 1.52. The molecule has 2 aromatic rings. The van der Waals surface area contributed by atoms with Gasteiger partial charge in [-0.3, -0.25) is 14.8 Å². The van der Waals surface area contributed by atoms with E-state index in [1.807, 2.05) is 37.5 Å². The lowest BCUT2D eigenvalue weighted by atomic mass is 9.94. The van der Waals surface area contributed by atoms with Crippen molar-refractivity contribution >= 4 is 16.7 Å². The van der Waals surface area contributed by atoms with Crippen LogP contribution in [0.25, 0.3) is 0 Å². The summed E-state index contributed by atoms with van der Waals surface area (Å²) >= 11 is 1.46. The van der Waals surface area contributed by atoms with Crippen molar-refractivity contribution < 1.29 is 0 Å². The minimum Gasteiger partial charge on any atom is -0.353 e. The number of hydrogen-bond acceptors (Lipinski definition) is 7. The first-order chi connectivity index (χ1) is 11.5. The van der Waals surface area contributed by atoms with Gasteiger partial charge < -0.3 is 4.90 Å². The molecule has 1 aliphatic heterocycles. The molecule has 1 aliphatic rings. The first-order valence-corrected chi connectivity index (χ1v) is 9.10. The van der Waals surface area contributed by atoms with Crippen LogP contribution in [0.5, 0.6) is 0 Å². The third kappa shape index (κ3) is 3.91. The maximum atomic E-state index is 4.59. The van der Waals surface area contributed by atoms with Crippen LogP contribution < -0.4 is 4.90 Å². The van der Waals surface area contributed by atoms with Gasteiger partial charge >= 0.3 is 0 Å². The Balaban J connectivity index is 1.63. The van der Waals surface area contributed by atoms with Crippen LogP contribution in [0.4, 0.5) is 5.13 Å². The normalized spacial score (nSPS) is 21.5. The lowest BCUT2D eigenvalue weighted by molar-refractivity contribution is 0.211. The zero-order valence-electron chi connectivity index (χ0n) is 14.9. The van der Waals surface area contributed by atoms with Gasteiger partial charge in [-0.05, 0) is 44.6 Å². The van der Waals surface area contributed by atoms with E-state index in [1.165, 1.54) is 23.5 Å². The largest absolute Gasteiger partial charge is 0.353 e. The second kappa shape index (κ2) is 7.55. The summed E-state index contributed by atoms with van der Waals surface area (Å²) in [5, 5.41) is 0.965. The highest BCUT2D eigenvalue weighted by molar-refractivity contribution is 7.09. The van der Waals surface area contributed by atoms with E-state index in [0.29, 0.717) is 12.0 Å². The molecular formula is C17H26N6S. The second-order valence-electron chi connectivity index (χ2n) is 6.84. The minimum atomic E-state index is 0.446. The fourth-order valence-corrected chi connectivity index (χ4v) is 4.09. The molecule has 7 heteroatoms. The zero-order chi connectivity index (χ0) is 17.1. The summed E-state index contributed by atoms with van der Waals surface area (Å²) in [7, 11) is 8.37. The van der Waals surface area contributed by atoms with Gasteiger partial charge in [0.1, 0.15) is 0 Å². The van der Waals surface area contributed by atoms with Crippen molar-refractivity contribution in [2.45, 2.75) is 19.0 Å². The Bertz CT molecular complexity index is 644. The lowest BCUT2D eigenvalue weighted by Gasteiger charge is -2.28. The fraction of sp³-hybridized carbons (Fsp3) is 0.588. The molecule has 0 unspecified atom stereocenters. The van der Waals surface area contributed by atoms with Crippen molar-refractivity contribution in [1.29, 1.82) is 0 Å². The number of anilines is 1. The average molecular weight is 347 g/mol. The molecule has 1 saturated heterocycles. The molecule has 2 atom stereocenters. The molecule has 0 radical (unpaired) electrons. The van der Waals surface area contributed by atoms with Crippen LogP contribution in [0.2, 0.25) is 0 Å². The van der Waals surface area contributed by atoms with Gasteiger partial charge in [0.25, 0.3) is 0 Å². The number of nitrogens with zero attached hydrogens (tertiary/aromatic N) is 6. The Morgan fingerprint density at radius 3 is 2.83 bits per heavy atom. The van der Waals surface area contributed by atoms with E-state index >= 15 is 0 Å². The first kappa shape index (κ1) is 17.3. The van der Waals surface area contributed by atoms with E-state index in [-0.39, 0.29) is 0 Å². The fourth-order valence-electron chi connectivity index (χ4n) is 3.49. The van der Waals surface area contributed by atoms with Crippen molar-refractivity contribution in [2.24, 2.45) is 5.92 Å². The molecule has 0 spiro atoms. The summed E-state index contributed by atoms with van der Waals surface area (Å²) < 4.78 is 4.47. The second-order valence-corrected chi connectivity index (χ2v) is 7.58. The third-order valence-corrected chi connectivity index (χ3v) is 5.52.